The molecule has 0 aromatic heterocycles. The fourth-order valence-electron chi connectivity index (χ4n) is 3.75. The molecule has 1 aliphatic rings. The molecule has 0 unspecified atom stereocenters. The van der Waals surface area contributed by atoms with Gasteiger partial charge in [-0.3, -0.25) is 0 Å². The predicted molar refractivity (Wildman–Crippen MR) is 104 cm³/mol. The van der Waals surface area contributed by atoms with Crippen LogP contribution in [0.4, 0.5) is 4.39 Å². The van der Waals surface area contributed by atoms with Crippen LogP contribution in [0.3, 0.4) is 0 Å². The van der Waals surface area contributed by atoms with E-state index < -0.39 is 0 Å². The Bertz CT molecular complexity index is 943. The SMILES string of the molecule is CCCc1ccc2c(c1)CCc1cc(-c3ccc(Cl)c(F)c3)ccc1-2. The molecule has 3 aromatic carbocycles. The molecule has 3 aromatic rings. The molecule has 0 radical (unpaired) electrons. The maximum Gasteiger partial charge on any atom is 0.142 e. The third-order valence-corrected chi connectivity index (χ3v) is 5.33. The Morgan fingerprint density at radius 2 is 1.48 bits per heavy atom. The number of aryl methyl sites for hydroxylation is 3. The number of hydrogen-bond donors (Lipinski definition) is 0. The molecular formula is C23H20ClF. The van der Waals surface area contributed by atoms with Gasteiger partial charge in [-0.2, -0.15) is 0 Å². The Hall–Kier alpha value is -2.12. The first-order valence-electron chi connectivity index (χ1n) is 8.86. The largest absolute Gasteiger partial charge is 0.205 e. The van der Waals surface area contributed by atoms with E-state index in [-0.39, 0.29) is 10.8 Å². The van der Waals surface area contributed by atoms with Crippen molar-refractivity contribution in [1.82, 2.24) is 0 Å². The highest BCUT2D eigenvalue weighted by molar-refractivity contribution is 6.30. The van der Waals surface area contributed by atoms with Crippen LogP contribution in [-0.4, -0.2) is 0 Å². The molecule has 0 heterocycles. The summed E-state index contributed by atoms with van der Waals surface area (Å²) in [5.41, 5.74) is 8.77. The normalized spacial score (nSPS) is 12.6. The molecule has 0 N–H and O–H groups in total. The standard InChI is InChI=1S/C23H20ClF/c1-2-3-15-4-9-20-18(12-15)5-6-19-13-16(7-10-21(19)20)17-8-11-22(24)23(25)14-17/h4,7-14H,2-3,5-6H2,1H3. The summed E-state index contributed by atoms with van der Waals surface area (Å²) in [6.07, 6.45) is 4.41. The summed E-state index contributed by atoms with van der Waals surface area (Å²) in [4.78, 5) is 0. The minimum absolute atomic E-state index is 0.165. The first-order chi connectivity index (χ1) is 12.2. The van der Waals surface area contributed by atoms with Crippen LogP contribution >= 0.6 is 11.6 Å². The summed E-state index contributed by atoms with van der Waals surface area (Å²) in [6.45, 7) is 2.22. The maximum absolute atomic E-state index is 13.8. The Morgan fingerprint density at radius 1 is 0.840 bits per heavy atom. The van der Waals surface area contributed by atoms with E-state index in [1.807, 2.05) is 6.07 Å². The van der Waals surface area contributed by atoms with Crippen molar-refractivity contribution in [1.29, 1.82) is 0 Å². The molecule has 0 nitrogen and oxygen atoms in total. The lowest BCUT2D eigenvalue weighted by atomic mass is 9.83. The first-order valence-corrected chi connectivity index (χ1v) is 9.24. The molecule has 0 bridgehead atoms. The van der Waals surface area contributed by atoms with Crippen LogP contribution < -0.4 is 0 Å². The lowest BCUT2D eigenvalue weighted by molar-refractivity contribution is 0.629. The molecule has 0 amide bonds. The smallest absolute Gasteiger partial charge is 0.142 e. The van der Waals surface area contributed by atoms with Crippen LogP contribution in [-0.2, 0) is 19.3 Å². The highest BCUT2D eigenvalue weighted by Crippen LogP contribution is 2.37. The Kier molecular flexibility index (Phi) is 4.35. The molecule has 25 heavy (non-hydrogen) atoms. The Balaban J connectivity index is 1.73. The van der Waals surface area contributed by atoms with Gasteiger partial charge >= 0.3 is 0 Å². The molecule has 126 valence electrons. The molecule has 0 atom stereocenters. The zero-order valence-electron chi connectivity index (χ0n) is 14.3. The topological polar surface area (TPSA) is 0 Å². The van der Waals surface area contributed by atoms with Crippen molar-refractivity contribution in [3.63, 3.8) is 0 Å². The number of fused-ring (bicyclic) bond motifs is 3. The maximum atomic E-state index is 13.8. The zero-order valence-corrected chi connectivity index (χ0v) is 15.0. The summed E-state index contributed by atoms with van der Waals surface area (Å²) in [7, 11) is 0. The molecule has 0 spiro atoms. The van der Waals surface area contributed by atoms with Crippen molar-refractivity contribution in [3.05, 3.63) is 82.1 Å². The van der Waals surface area contributed by atoms with Gasteiger partial charge in [-0.1, -0.05) is 67.4 Å². The second-order valence-corrected chi connectivity index (χ2v) is 7.15. The van der Waals surface area contributed by atoms with Crippen LogP contribution in [0.15, 0.2) is 54.6 Å². The predicted octanol–water partition coefficient (Wildman–Crippen LogP) is 6.86. The molecule has 0 fully saturated rings. The van der Waals surface area contributed by atoms with Crippen molar-refractivity contribution in [3.8, 4) is 22.3 Å². The number of benzene rings is 3. The number of hydrogen-bond acceptors (Lipinski definition) is 0. The Morgan fingerprint density at radius 3 is 2.20 bits per heavy atom. The van der Waals surface area contributed by atoms with Crippen molar-refractivity contribution in [2.24, 2.45) is 0 Å². The molecule has 0 saturated heterocycles. The van der Waals surface area contributed by atoms with E-state index in [1.54, 1.807) is 6.07 Å². The van der Waals surface area contributed by atoms with Crippen LogP contribution in [0.5, 0.6) is 0 Å². The molecule has 0 saturated carbocycles. The van der Waals surface area contributed by atoms with E-state index in [2.05, 4.69) is 43.3 Å². The van der Waals surface area contributed by atoms with Crippen LogP contribution in [0.1, 0.15) is 30.0 Å². The molecular weight excluding hydrogens is 331 g/mol. The van der Waals surface area contributed by atoms with E-state index in [0.29, 0.717) is 0 Å². The van der Waals surface area contributed by atoms with E-state index in [1.165, 1.54) is 40.3 Å². The minimum Gasteiger partial charge on any atom is -0.205 e. The summed E-state index contributed by atoms with van der Waals surface area (Å²) < 4.78 is 13.8. The molecule has 0 aliphatic heterocycles. The van der Waals surface area contributed by atoms with Crippen molar-refractivity contribution in [2.75, 3.05) is 0 Å². The summed E-state index contributed by atoms with van der Waals surface area (Å²) in [6, 6.07) is 18.3. The van der Waals surface area contributed by atoms with Crippen LogP contribution in [0.25, 0.3) is 22.3 Å². The number of rotatable bonds is 3. The minimum atomic E-state index is -0.370. The Labute approximate surface area is 153 Å². The fraction of sp³-hybridized carbons (Fsp3) is 0.217. The third-order valence-electron chi connectivity index (χ3n) is 5.02. The van der Waals surface area contributed by atoms with Crippen molar-refractivity contribution < 1.29 is 4.39 Å². The van der Waals surface area contributed by atoms with Gasteiger partial charge in [0.15, 0.2) is 0 Å². The van der Waals surface area contributed by atoms with E-state index in [4.69, 9.17) is 11.6 Å². The quantitative estimate of drug-likeness (QED) is 0.483. The van der Waals surface area contributed by atoms with Crippen LogP contribution in [0, 0.1) is 5.82 Å². The average Bonchev–Trinajstić information content (AvgIpc) is 2.63. The van der Waals surface area contributed by atoms with Crippen molar-refractivity contribution in [2.45, 2.75) is 32.6 Å². The lowest BCUT2D eigenvalue weighted by Crippen LogP contribution is -2.05. The number of halogens is 2. The monoisotopic (exact) mass is 350 g/mol. The lowest BCUT2D eigenvalue weighted by Gasteiger charge is -2.21. The summed E-state index contributed by atoms with van der Waals surface area (Å²) >= 11 is 5.80. The molecule has 2 heteroatoms. The van der Waals surface area contributed by atoms with Gasteiger partial charge in [0.25, 0.3) is 0 Å². The second kappa shape index (κ2) is 6.65. The molecule has 4 rings (SSSR count). The van der Waals surface area contributed by atoms with Gasteiger partial charge < -0.3 is 0 Å². The third kappa shape index (κ3) is 3.09. The summed E-state index contributed by atoms with van der Waals surface area (Å²) in [5.74, 6) is -0.370. The fourth-order valence-corrected chi connectivity index (χ4v) is 3.87. The van der Waals surface area contributed by atoms with Gasteiger partial charge in [-0.25, -0.2) is 4.39 Å². The molecule has 1 aliphatic carbocycles. The van der Waals surface area contributed by atoms with Gasteiger partial charge in [0.05, 0.1) is 5.02 Å². The van der Waals surface area contributed by atoms with Gasteiger partial charge in [0.1, 0.15) is 5.82 Å². The van der Waals surface area contributed by atoms with E-state index in [0.717, 1.165) is 30.4 Å². The highest BCUT2D eigenvalue weighted by atomic mass is 35.5. The van der Waals surface area contributed by atoms with Gasteiger partial charge in [0.2, 0.25) is 0 Å². The van der Waals surface area contributed by atoms with Gasteiger partial charge in [-0.05, 0) is 70.3 Å². The zero-order chi connectivity index (χ0) is 17.4. The highest BCUT2D eigenvalue weighted by Gasteiger charge is 2.17. The van der Waals surface area contributed by atoms with Crippen molar-refractivity contribution >= 4 is 11.6 Å². The van der Waals surface area contributed by atoms with E-state index >= 15 is 0 Å². The van der Waals surface area contributed by atoms with E-state index in [9.17, 15) is 4.39 Å². The second-order valence-electron chi connectivity index (χ2n) is 6.74. The van der Waals surface area contributed by atoms with Crippen LogP contribution in [0.2, 0.25) is 5.02 Å². The first kappa shape index (κ1) is 16.4. The summed E-state index contributed by atoms with van der Waals surface area (Å²) in [5, 5.41) is 0.165. The average molecular weight is 351 g/mol. The van der Waals surface area contributed by atoms with Gasteiger partial charge in [-0.15, -0.1) is 0 Å². The van der Waals surface area contributed by atoms with Gasteiger partial charge in [0, 0.05) is 0 Å².